The highest BCUT2D eigenvalue weighted by molar-refractivity contribution is 5.75. The number of pyridine rings is 1. The quantitative estimate of drug-likeness (QED) is 0.759. The van der Waals surface area contributed by atoms with Crippen molar-refractivity contribution >= 4 is 5.91 Å². The van der Waals surface area contributed by atoms with Crippen molar-refractivity contribution in [1.82, 2.24) is 9.47 Å². The zero-order chi connectivity index (χ0) is 12.8. The van der Waals surface area contributed by atoms with Crippen LogP contribution < -0.4 is 10.3 Å². The average Bonchev–Trinajstić information content (AvgIpc) is 2.33. The van der Waals surface area contributed by atoms with Crippen LogP contribution in [0.25, 0.3) is 0 Å². The standard InChI is InChI=1S/C12H18N2O3/c1-4-13(5-2)11(15)9-14-8-6-7-10(17-3)12(14)16/h6-8H,4-5,9H2,1-3H3. The summed E-state index contributed by atoms with van der Waals surface area (Å²) in [5.41, 5.74) is -0.282. The molecule has 0 saturated heterocycles. The molecular weight excluding hydrogens is 220 g/mol. The highest BCUT2D eigenvalue weighted by atomic mass is 16.5. The van der Waals surface area contributed by atoms with E-state index >= 15 is 0 Å². The second kappa shape index (κ2) is 6.08. The fourth-order valence-electron chi connectivity index (χ4n) is 1.62. The van der Waals surface area contributed by atoms with Gasteiger partial charge in [-0.1, -0.05) is 0 Å². The van der Waals surface area contributed by atoms with Crippen molar-refractivity contribution in [1.29, 1.82) is 0 Å². The van der Waals surface area contributed by atoms with Gasteiger partial charge in [-0.2, -0.15) is 0 Å². The molecule has 0 saturated carbocycles. The summed E-state index contributed by atoms with van der Waals surface area (Å²) >= 11 is 0. The van der Waals surface area contributed by atoms with Gasteiger partial charge in [0, 0.05) is 19.3 Å². The Morgan fingerprint density at radius 1 is 1.41 bits per heavy atom. The summed E-state index contributed by atoms with van der Waals surface area (Å²) < 4.78 is 6.28. The number of rotatable bonds is 5. The Kier molecular flexibility index (Phi) is 4.75. The number of hydrogen-bond donors (Lipinski definition) is 0. The van der Waals surface area contributed by atoms with Crippen LogP contribution in [-0.2, 0) is 11.3 Å². The summed E-state index contributed by atoms with van der Waals surface area (Å²) in [4.78, 5) is 25.3. The van der Waals surface area contributed by atoms with Gasteiger partial charge in [0.25, 0.3) is 5.56 Å². The van der Waals surface area contributed by atoms with E-state index in [1.807, 2.05) is 13.8 Å². The Hall–Kier alpha value is -1.78. The largest absolute Gasteiger partial charge is 0.491 e. The molecule has 1 amide bonds. The van der Waals surface area contributed by atoms with Crippen molar-refractivity contribution in [2.24, 2.45) is 0 Å². The summed E-state index contributed by atoms with van der Waals surface area (Å²) in [5, 5.41) is 0. The predicted octanol–water partition coefficient (Wildman–Crippen LogP) is 0.725. The maximum Gasteiger partial charge on any atom is 0.293 e. The van der Waals surface area contributed by atoms with Gasteiger partial charge in [0.2, 0.25) is 5.91 Å². The zero-order valence-electron chi connectivity index (χ0n) is 10.5. The lowest BCUT2D eigenvalue weighted by molar-refractivity contribution is -0.131. The van der Waals surface area contributed by atoms with E-state index in [9.17, 15) is 9.59 Å². The summed E-state index contributed by atoms with van der Waals surface area (Å²) in [6.45, 7) is 5.17. The number of hydrogen-bond acceptors (Lipinski definition) is 3. The Bertz CT molecular complexity index is 436. The molecule has 0 aromatic carbocycles. The fraction of sp³-hybridized carbons (Fsp3) is 0.500. The first-order valence-corrected chi connectivity index (χ1v) is 5.65. The SMILES string of the molecule is CCN(CC)C(=O)Cn1cccc(OC)c1=O. The third-order valence-electron chi connectivity index (χ3n) is 2.63. The third-order valence-corrected chi connectivity index (χ3v) is 2.63. The Morgan fingerprint density at radius 3 is 2.59 bits per heavy atom. The molecule has 0 atom stereocenters. The first kappa shape index (κ1) is 13.3. The molecule has 0 aliphatic carbocycles. The van der Waals surface area contributed by atoms with E-state index in [1.54, 1.807) is 23.2 Å². The number of carbonyl (C=O) groups is 1. The minimum atomic E-state index is -0.282. The minimum Gasteiger partial charge on any atom is -0.491 e. The van der Waals surface area contributed by atoms with Crippen LogP contribution in [0.2, 0.25) is 0 Å². The van der Waals surface area contributed by atoms with Gasteiger partial charge in [0.1, 0.15) is 6.54 Å². The number of ether oxygens (including phenoxy) is 1. The number of methoxy groups -OCH3 is 1. The molecule has 5 nitrogen and oxygen atoms in total. The molecule has 94 valence electrons. The second-order valence-electron chi connectivity index (χ2n) is 3.58. The number of carbonyl (C=O) groups excluding carboxylic acids is 1. The summed E-state index contributed by atoms with van der Waals surface area (Å²) in [5.74, 6) is 0.185. The van der Waals surface area contributed by atoms with Crippen LogP contribution in [0.5, 0.6) is 5.75 Å². The second-order valence-corrected chi connectivity index (χ2v) is 3.58. The lowest BCUT2D eigenvalue weighted by atomic mass is 10.4. The van der Waals surface area contributed by atoms with E-state index in [0.717, 1.165) is 0 Å². The van der Waals surface area contributed by atoms with Crippen molar-refractivity contribution in [2.45, 2.75) is 20.4 Å². The highest BCUT2D eigenvalue weighted by Gasteiger charge is 2.12. The molecule has 0 aliphatic rings. The smallest absolute Gasteiger partial charge is 0.293 e. The molecule has 5 heteroatoms. The molecule has 0 spiro atoms. The monoisotopic (exact) mass is 238 g/mol. The van der Waals surface area contributed by atoms with Crippen molar-refractivity contribution < 1.29 is 9.53 Å². The van der Waals surface area contributed by atoms with Crippen LogP contribution >= 0.6 is 0 Å². The van der Waals surface area contributed by atoms with Gasteiger partial charge in [-0.15, -0.1) is 0 Å². The van der Waals surface area contributed by atoms with Crippen LogP contribution in [0.1, 0.15) is 13.8 Å². The van der Waals surface area contributed by atoms with Gasteiger partial charge in [0.05, 0.1) is 7.11 Å². The van der Waals surface area contributed by atoms with Gasteiger partial charge >= 0.3 is 0 Å². The van der Waals surface area contributed by atoms with Gasteiger partial charge < -0.3 is 14.2 Å². The fourth-order valence-corrected chi connectivity index (χ4v) is 1.62. The van der Waals surface area contributed by atoms with E-state index in [-0.39, 0.29) is 23.8 Å². The molecular formula is C12H18N2O3. The van der Waals surface area contributed by atoms with E-state index in [4.69, 9.17) is 4.74 Å². The Labute approximate surface area is 101 Å². The first-order chi connectivity index (χ1) is 8.13. The van der Waals surface area contributed by atoms with Crippen molar-refractivity contribution in [3.05, 3.63) is 28.7 Å². The molecule has 0 bridgehead atoms. The summed E-state index contributed by atoms with van der Waals surface area (Å²) in [6.07, 6.45) is 1.59. The maximum atomic E-state index is 11.9. The average molecular weight is 238 g/mol. The summed E-state index contributed by atoms with van der Waals surface area (Å²) in [7, 11) is 1.44. The van der Waals surface area contributed by atoms with Gasteiger partial charge in [-0.25, -0.2) is 0 Å². The molecule has 1 heterocycles. The van der Waals surface area contributed by atoms with E-state index < -0.39 is 0 Å². The maximum absolute atomic E-state index is 11.9. The molecule has 1 aromatic heterocycles. The molecule has 0 unspecified atom stereocenters. The molecule has 0 radical (unpaired) electrons. The van der Waals surface area contributed by atoms with E-state index in [0.29, 0.717) is 13.1 Å². The summed E-state index contributed by atoms with van der Waals surface area (Å²) in [6, 6.07) is 3.27. The molecule has 1 aromatic rings. The van der Waals surface area contributed by atoms with E-state index in [2.05, 4.69) is 0 Å². The van der Waals surface area contributed by atoms with Crippen LogP contribution in [-0.4, -0.2) is 35.6 Å². The molecule has 0 N–H and O–H groups in total. The number of likely N-dealkylation sites (N-methyl/N-ethyl adjacent to an activating group) is 1. The van der Waals surface area contributed by atoms with Gasteiger partial charge in [-0.3, -0.25) is 9.59 Å². The number of amides is 1. The lowest BCUT2D eigenvalue weighted by Crippen LogP contribution is -2.36. The first-order valence-electron chi connectivity index (χ1n) is 5.65. The van der Waals surface area contributed by atoms with Crippen LogP contribution in [0, 0.1) is 0 Å². The van der Waals surface area contributed by atoms with Crippen LogP contribution in [0.3, 0.4) is 0 Å². The topological polar surface area (TPSA) is 51.5 Å². The molecule has 1 rings (SSSR count). The van der Waals surface area contributed by atoms with E-state index in [1.165, 1.54) is 11.7 Å². The van der Waals surface area contributed by atoms with Crippen molar-refractivity contribution in [3.8, 4) is 5.75 Å². The van der Waals surface area contributed by atoms with Crippen molar-refractivity contribution in [2.75, 3.05) is 20.2 Å². The predicted molar refractivity (Wildman–Crippen MR) is 65.2 cm³/mol. The van der Waals surface area contributed by atoms with Crippen molar-refractivity contribution in [3.63, 3.8) is 0 Å². The number of aromatic nitrogens is 1. The molecule has 17 heavy (non-hydrogen) atoms. The van der Waals surface area contributed by atoms with Crippen LogP contribution in [0.4, 0.5) is 0 Å². The lowest BCUT2D eigenvalue weighted by Gasteiger charge is -2.19. The Balaban J connectivity index is 2.89. The molecule has 0 fully saturated rings. The minimum absolute atomic E-state index is 0.0533. The third kappa shape index (κ3) is 3.09. The molecule has 0 aliphatic heterocycles. The van der Waals surface area contributed by atoms with Gasteiger partial charge in [0.15, 0.2) is 5.75 Å². The van der Waals surface area contributed by atoms with Crippen LogP contribution in [0.15, 0.2) is 23.1 Å². The number of nitrogens with zero attached hydrogens (tertiary/aromatic N) is 2. The van der Waals surface area contributed by atoms with Gasteiger partial charge in [-0.05, 0) is 26.0 Å². The normalized spacial score (nSPS) is 10.1. The Morgan fingerprint density at radius 2 is 2.06 bits per heavy atom. The zero-order valence-corrected chi connectivity index (χ0v) is 10.5. The highest BCUT2D eigenvalue weighted by Crippen LogP contribution is 2.01.